The predicted molar refractivity (Wildman–Crippen MR) is 48.7 cm³/mol. The summed E-state index contributed by atoms with van der Waals surface area (Å²) >= 11 is 0. The molecule has 0 spiro atoms. The van der Waals surface area contributed by atoms with Gasteiger partial charge in [0.05, 0.1) is 6.61 Å². The third-order valence-corrected chi connectivity index (χ3v) is 4.14. The van der Waals surface area contributed by atoms with Crippen LogP contribution in [-0.2, 0) is 0 Å². The van der Waals surface area contributed by atoms with Gasteiger partial charge in [-0.25, -0.2) is 0 Å². The molecule has 0 aromatic heterocycles. The van der Waals surface area contributed by atoms with Gasteiger partial charge in [0.25, 0.3) is 0 Å². The van der Waals surface area contributed by atoms with E-state index in [-0.39, 0.29) is 12.6 Å². The van der Waals surface area contributed by atoms with Crippen LogP contribution in [0.3, 0.4) is 0 Å². The normalized spacial score (nSPS) is 43.0. The fraction of sp³-hybridized carbons (Fsp3) is 1.00. The van der Waals surface area contributed by atoms with Gasteiger partial charge in [-0.3, -0.25) is 0 Å². The van der Waals surface area contributed by atoms with E-state index in [0.717, 1.165) is 5.92 Å². The van der Waals surface area contributed by atoms with Gasteiger partial charge in [0.2, 0.25) is 0 Å². The smallest absolute Gasteiger partial charge is 0.0588 e. The standard InChI is InChI=1S/C10H19NO/c11-9(7-12)10-5-1-3-8(10)4-2-6-10/h8-9,12H,1-7,11H2. The van der Waals surface area contributed by atoms with Crippen LogP contribution in [0, 0.1) is 11.3 Å². The molecule has 12 heavy (non-hydrogen) atoms. The SMILES string of the molecule is NC(CO)C12CCCC1CCC2. The third-order valence-electron chi connectivity index (χ3n) is 4.14. The summed E-state index contributed by atoms with van der Waals surface area (Å²) in [4.78, 5) is 0. The number of hydrogen-bond donors (Lipinski definition) is 2. The van der Waals surface area contributed by atoms with Crippen LogP contribution in [0.2, 0.25) is 0 Å². The highest BCUT2D eigenvalue weighted by Gasteiger charge is 2.49. The molecule has 70 valence electrons. The van der Waals surface area contributed by atoms with Crippen LogP contribution in [0.5, 0.6) is 0 Å². The molecule has 0 bridgehead atoms. The average Bonchev–Trinajstić information content (AvgIpc) is 2.60. The van der Waals surface area contributed by atoms with Gasteiger partial charge in [-0.2, -0.15) is 0 Å². The molecule has 1 atom stereocenters. The first-order chi connectivity index (χ1) is 5.79. The molecule has 0 saturated heterocycles. The minimum absolute atomic E-state index is 0.0486. The van der Waals surface area contributed by atoms with Crippen LogP contribution in [0.4, 0.5) is 0 Å². The summed E-state index contributed by atoms with van der Waals surface area (Å²) in [6.45, 7) is 0.177. The molecule has 2 heteroatoms. The third kappa shape index (κ3) is 1.01. The summed E-state index contributed by atoms with van der Waals surface area (Å²) in [6.07, 6.45) is 7.90. The number of aliphatic hydroxyl groups excluding tert-OH is 1. The maximum Gasteiger partial charge on any atom is 0.0588 e. The Labute approximate surface area is 74.1 Å². The zero-order valence-electron chi connectivity index (χ0n) is 7.63. The highest BCUT2D eigenvalue weighted by Crippen LogP contribution is 2.55. The minimum atomic E-state index is 0.0486. The van der Waals surface area contributed by atoms with E-state index in [0.29, 0.717) is 5.41 Å². The van der Waals surface area contributed by atoms with E-state index in [2.05, 4.69) is 0 Å². The highest BCUT2D eigenvalue weighted by atomic mass is 16.3. The molecule has 0 aromatic carbocycles. The molecule has 2 fully saturated rings. The van der Waals surface area contributed by atoms with Crippen LogP contribution in [0.1, 0.15) is 38.5 Å². The highest BCUT2D eigenvalue weighted by molar-refractivity contribution is 5.01. The fourth-order valence-electron chi connectivity index (χ4n) is 3.46. The van der Waals surface area contributed by atoms with Crippen LogP contribution in [0.25, 0.3) is 0 Å². The minimum Gasteiger partial charge on any atom is -0.395 e. The van der Waals surface area contributed by atoms with Gasteiger partial charge in [0.15, 0.2) is 0 Å². The van der Waals surface area contributed by atoms with Crippen molar-refractivity contribution in [2.75, 3.05) is 6.61 Å². The van der Waals surface area contributed by atoms with Crippen molar-refractivity contribution in [1.82, 2.24) is 0 Å². The van der Waals surface area contributed by atoms with E-state index < -0.39 is 0 Å². The van der Waals surface area contributed by atoms with Crippen molar-refractivity contribution < 1.29 is 5.11 Å². The van der Waals surface area contributed by atoms with Gasteiger partial charge >= 0.3 is 0 Å². The van der Waals surface area contributed by atoms with Crippen LogP contribution >= 0.6 is 0 Å². The Kier molecular flexibility index (Phi) is 2.13. The Morgan fingerprint density at radius 3 is 2.42 bits per heavy atom. The largest absolute Gasteiger partial charge is 0.395 e. The Bertz CT molecular complexity index is 159. The quantitative estimate of drug-likeness (QED) is 0.654. The van der Waals surface area contributed by atoms with Gasteiger partial charge in [0.1, 0.15) is 0 Å². The summed E-state index contributed by atoms with van der Waals surface area (Å²) < 4.78 is 0. The Hall–Kier alpha value is -0.0800. The zero-order valence-corrected chi connectivity index (χ0v) is 7.63. The fourth-order valence-corrected chi connectivity index (χ4v) is 3.46. The lowest BCUT2D eigenvalue weighted by molar-refractivity contribution is 0.124. The van der Waals surface area contributed by atoms with Gasteiger partial charge in [-0.1, -0.05) is 12.8 Å². The molecule has 0 amide bonds. The van der Waals surface area contributed by atoms with Crippen molar-refractivity contribution in [2.24, 2.45) is 17.1 Å². The lowest BCUT2D eigenvalue weighted by Gasteiger charge is -2.34. The molecule has 0 radical (unpaired) electrons. The first kappa shape index (κ1) is 8.52. The van der Waals surface area contributed by atoms with Crippen molar-refractivity contribution >= 4 is 0 Å². The summed E-state index contributed by atoms with van der Waals surface area (Å²) in [5.74, 6) is 0.833. The molecule has 3 N–H and O–H groups in total. The Balaban J connectivity index is 2.16. The lowest BCUT2D eigenvalue weighted by Crippen LogP contribution is -2.44. The second kappa shape index (κ2) is 3.00. The van der Waals surface area contributed by atoms with E-state index in [9.17, 15) is 0 Å². The zero-order chi connectivity index (χ0) is 8.60. The first-order valence-corrected chi connectivity index (χ1v) is 5.16. The summed E-state index contributed by atoms with van der Waals surface area (Å²) in [5, 5.41) is 9.11. The second-order valence-corrected chi connectivity index (χ2v) is 4.50. The molecule has 0 aromatic rings. The van der Waals surface area contributed by atoms with Crippen molar-refractivity contribution in [3.05, 3.63) is 0 Å². The molecule has 0 heterocycles. The average molecular weight is 169 g/mol. The van der Waals surface area contributed by atoms with Gasteiger partial charge in [0, 0.05) is 6.04 Å². The van der Waals surface area contributed by atoms with E-state index in [1.165, 1.54) is 38.5 Å². The van der Waals surface area contributed by atoms with E-state index in [4.69, 9.17) is 10.8 Å². The predicted octanol–water partition coefficient (Wildman–Crippen LogP) is 1.28. The monoisotopic (exact) mass is 169 g/mol. The van der Waals surface area contributed by atoms with Crippen molar-refractivity contribution in [3.8, 4) is 0 Å². The number of aliphatic hydroxyl groups is 1. The molecule has 2 saturated carbocycles. The topological polar surface area (TPSA) is 46.2 Å². The van der Waals surface area contributed by atoms with E-state index in [1.54, 1.807) is 0 Å². The van der Waals surface area contributed by atoms with Gasteiger partial charge in [-0.15, -0.1) is 0 Å². The van der Waals surface area contributed by atoms with Crippen molar-refractivity contribution in [3.63, 3.8) is 0 Å². The Morgan fingerprint density at radius 1 is 1.33 bits per heavy atom. The summed E-state index contributed by atoms with van der Waals surface area (Å²) in [7, 11) is 0. The van der Waals surface area contributed by atoms with Crippen molar-refractivity contribution in [1.29, 1.82) is 0 Å². The molecule has 2 aliphatic carbocycles. The molecule has 0 aliphatic heterocycles. The molecule has 2 rings (SSSR count). The van der Waals surface area contributed by atoms with Crippen LogP contribution < -0.4 is 5.73 Å². The molecule has 1 unspecified atom stereocenters. The van der Waals surface area contributed by atoms with Crippen LogP contribution in [0.15, 0.2) is 0 Å². The molecular weight excluding hydrogens is 150 g/mol. The Morgan fingerprint density at radius 2 is 1.92 bits per heavy atom. The number of rotatable bonds is 2. The second-order valence-electron chi connectivity index (χ2n) is 4.50. The lowest BCUT2D eigenvalue weighted by atomic mass is 9.74. The first-order valence-electron chi connectivity index (χ1n) is 5.16. The molecule has 2 aliphatic rings. The van der Waals surface area contributed by atoms with Crippen LogP contribution in [-0.4, -0.2) is 17.8 Å². The maximum absolute atomic E-state index is 9.11. The number of hydrogen-bond acceptors (Lipinski definition) is 2. The van der Waals surface area contributed by atoms with Gasteiger partial charge < -0.3 is 10.8 Å². The summed E-state index contributed by atoms with van der Waals surface area (Å²) in [5.41, 5.74) is 6.35. The number of fused-ring (bicyclic) bond motifs is 1. The van der Waals surface area contributed by atoms with E-state index in [1.807, 2.05) is 0 Å². The summed E-state index contributed by atoms with van der Waals surface area (Å²) in [6, 6.07) is 0.0486. The number of nitrogens with two attached hydrogens (primary N) is 1. The molecular formula is C10H19NO. The van der Waals surface area contributed by atoms with E-state index >= 15 is 0 Å². The maximum atomic E-state index is 9.11. The molecule has 2 nitrogen and oxygen atoms in total. The van der Waals surface area contributed by atoms with Gasteiger partial charge in [-0.05, 0) is 37.0 Å². The van der Waals surface area contributed by atoms with Crippen molar-refractivity contribution in [2.45, 2.75) is 44.6 Å².